The van der Waals surface area contributed by atoms with Crippen LogP contribution in [0.3, 0.4) is 0 Å². The van der Waals surface area contributed by atoms with Crippen molar-refractivity contribution in [2.75, 3.05) is 32.6 Å². The Morgan fingerprint density at radius 3 is 2.10 bits per heavy atom. The Kier molecular flexibility index (Phi) is 10.1. The van der Waals surface area contributed by atoms with Crippen LogP contribution >= 0.6 is 11.5 Å². The summed E-state index contributed by atoms with van der Waals surface area (Å²) in [4.78, 5) is 12.6. The van der Waals surface area contributed by atoms with Crippen LogP contribution in [0.4, 0.5) is 5.82 Å². The van der Waals surface area contributed by atoms with Gasteiger partial charge in [0.25, 0.3) is 5.91 Å². The second kappa shape index (κ2) is 14.1. The summed E-state index contributed by atoms with van der Waals surface area (Å²) in [5.41, 5.74) is 3.90. The van der Waals surface area contributed by atoms with Gasteiger partial charge >= 0.3 is 0 Å². The van der Waals surface area contributed by atoms with Gasteiger partial charge in [-0.3, -0.25) is 4.79 Å². The summed E-state index contributed by atoms with van der Waals surface area (Å²) in [7, 11) is 3.31. The van der Waals surface area contributed by atoms with Crippen molar-refractivity contribution >= 4 is 35.4 Å². The predicted molar refractivity (Wildman–Crippen MR) is 166 cm³/mol. The topological polar surface area (TPSA) is 72.5 Å². The van der Waals surface area contributed by atoms with Crippen LogP contribution in [0.1, 0.15) is 35.2 Å². The number of hydrogen-bond acceptors (Lipinski definition) is 6. The van der Waals surface area contributed by atoms with Gasteiger partial charge < -0.3 is 20.1 Å². The van der Waals surface area contributed by atoms with E-state index in [1.165, 1.54) is 11.5 Å². The van der Waals surface area contributed by atoms with E-state index in [9.17, 15) is 4.79 Å². The SMILES string of the molecule is C=CC(/C=c1/c(NCCCNC(=O)c2ccc(-c3ccc(OC)cc3)cc2)ns/c1=C/C)c1ccc(OC)cc1. The number of amides is 1. The zero-order valence-corrected chi connectivity index (χ0v) is 24.0. The fraction of sp³-hybridized carbons (Fsp3) is 0.212. The van der Waals surface area contributed by atoms with E-state index in [1.807, 2.05) is 73.7 Å². The van der Waals surface area contributed by atoms with Crippen LogP contribution in [0.5, 0.6) is 11.5 Å². The van der Waals surface area contributed by atoms with Gasteiger partial charge in [0.15, 0.2) is 0 Å². The van der Waals surface area contributed by atoms with Crippen LogP contribution in [0.25, 0.3) is 23.3 Å². The molecule has 1 amide bonds. The molecule has 7 heteroatoms. The predicted octanol–water partition coefficient (Wildman–Crippen LogP) is 5.61. The number of allylic oxidation sites excluding steroid dienone is 1. The maximum atomic E-state index is 12.6. The van der Waals surface area contributed by atoms with Crippen molar-refractivity contribution in [2.45, 2.75) is 19.3 Å². The van der Waals surface area contributed by atoms with Crippen molar-refractivity contribution in [1.82, 2.24) is 9.69 Å². The molecular weight excluding hydrogens is 518 g/mol. The smallest absolute Gasteiger partial charge is 0.251 e. The minimum absolute atomic E-state index is 0.0388. The quantitative estimate of drug-likeness (QED) is 0.176. The molecule has 1 atom stereocenters. The number of methoxy groups -OCH3 is 2. The summed E-state index contributed by atoms with van der Waals surface area (Å²) in [6.07, 6.45) is 6.96. The van der Waals surface area contributed by atoms with Crippen molar-refractivity contribution in [3.05, 3.63) is 106 Å². The van der Waals surface area contributed by atoms with Gasteiger partial charge in [0.05, 0.1) is 18.8 Å². The minimum Gasteiger partial charge on any atom is -0.497 e. The molecule has 1 aromatic heterocycles. The largest absolute Gasteiger partial charge is 0.497 e. The molecule has 0 radical (unpaired) electrons. The van der Waals surface area contributed by atoms with Gasteiger partial charge in [0.2, 0.25) is 0 Å². The highest BCUT2D eigenvalue weighted by Gasteiger charge is 2.09. The normalized spacial score (nSPS) is 12.6. The van der Waals surface area contributed by atoms with E-state index in [1.54, 1.807) is 14.2 Å². The first-order valence-corrected chi connectivity index (χ1v) is 14.0. The fourth-order valence-corrected chi connectivity index (χ4v) is 5.03. The van der Waals surface area contributed by atoms with Crippen LogP contribution in [-0.2, 0) is 0 Å². The third-order valence-electron chi connectivity index (χ3n) is 6.62. The van der Waals surface area contributed by atoms with Crippen molar-refractivity contribution in [3.8, 4) is 22.6 Å². The molecule has 0 spiro atoms. The minimum atomic E-state index is -0.0832. The number of carbonyl (C=O) groups is 1. The first-order chi connectivity index (χ1) is 19.6. The molecule has 40 heavy (non-hydrogen) atoms. The van der Waals surface area contributed by atoms with E-state index in [4.69, 9.17) is 9.47 Å². The Balaban J connectivity index is 1.32. The lowest BCUT2D eigenvalue weighted by atomic mass is 9.98. The Hall–Kier alpha value is -4.36. The number of rotatable bonds is 12. The third-order valence-corrected chi connectivity index (χ3v) is 7.55. The summed E-state index contributed by atoms with van der Waals surface area (Å²) in [6, 6.07) is 23.5. The molecule has 1 unspecified atom stereocenters. The highest BCUT2D eigenvalue weighted by molar-refractivity contribution is 7.03. The number of anilines is 1. The molecule has 0 bridgehead atoms. The summed E-state index contributed by atoms with van der Waals surface area (Å²) >= 11 is 1.47. The molecule has 1 heterocycles. The lowest BCUT2D eigenvalue weighted by molar-refractivity contribution is 0.0953. The average Bonchev–Trinajstić information content (AvgIpc) is 3.40. The lowest BCUT2D eigenvalue weighted by Crippen LogP contribution is -2.27. The van der Waals surface area contributed by atoms with Crippen LogP contribution in [-0.4, -0.2) is 37.6 Å². The standard InChI is InChI=1S/C33H35N3O3S/c1-5-23(24-12-16-28(38-3)17-13-24)22-30-31(6-2)40-36-32(30)34-20-7-21-35-33(37)27-10-8-25(9-11-27)26-14-18-29(39-4)19-15-26/h5-6,8-19,22-23H,1,7,20-21H2,2-4H3,(H,34,36)(H,35,37)/b30-22+,31-6+. The molecule has 4 rings (SSSR count). The Morgan fingerprint density at radius 2 is 1.52 bits per heavy atom. The Bertz CT molecular complexity index is 1530. The van der Waals surface area contributed by atoms with Crippen LogP contribution in [0.15, 0.2) is 85.5 Å². The molecule has 206 valence electrons. The molecule has 6 nitrogen and oxygen atoms in total. The molecule has 4 aromatic rings. The number of ether oxygens (including phenoxy) is 2. The van der Waals surface area contributed by atoms with Crippen LogP contribution in [0.2, 0.25) is 0 Å². The number of aromatic nitrogens is 1. The van der Waals surface area contributed by atoms with Gasteiger partial charge in [-0.05, 0) is 78.0 Å². The van der Waals surface area contributed by atoms with Crippen LogP contribution < -0.4 is 29.9 Å². The van der Waals surface area contributed by atoms with E-state index >= 15 is 0 Å². The van der Waals surface area contributed by atoms with Crippen molar-refractivity contribution in [2.24, 2.45) is 0 Å². The van der Waals surface area contributed by atoms with Gasteiger partial charge in [-0.25, -0.2) is 0 Å². The van der Waals surface area contributed by atoms with Gasteiger partial charge in [0.1, 0.15) is 17.3 Å². The average molecular weight is 554 g/mol. The number of carbonyl (C=O) groups excluding carboxylic acids is 1. The molecule has 0 saturated heterocycles. The summed E-state index contributed by atoms with van der Waals surface area (Å²) in [5.74, 6) is 2.44. The van der Waals surface area contributed by atoms with Crippen molar-refractivity contribution in [1.29, 1.82) is 0 Å². The number of hydrogen-bond donors (Lipinski definition) is 2. The number of benzene rings is 3. The van der Waals surface area contributed by atoms with Crippen LogP contribution in [0, 0.1) is 0 Å². The van der Waals surface area contributed by atoms with E-state index in [0.717, 1.165) is 50.2 Å². The molecule has 0 aliphatic carbocycles. The molecule has 3 aromatic carbocycles. The highest BCUT2D eigenvalue weighted by atomic mass is 32.1. The molecule has 0 saturated carbocycles. The van der Waals surface area contributed by atoms with E-state index in [-0.39, 0.29) is 11.8 Å². The Labute approximate surface area is 239 Å². The van der Waals surface area contributed by atoms with E-state index < -0.39 is 0 Å². The molecule has 0 aliphatic rings. The molecule has 0 aliphatic heterocycles. The first-order valence-electron chi connectivity index (χ1n) is 13.2. The van der Waals surface area contributed by atoms with Gasteiger partial charge in [0, 0.05) is 29.8 Å². The monoisotopic (exact) mass is 553 g/mol. The lowest BCUT2D eigenvalue weighted by Gasteiger charge is -2.10. The van der Waals surface area contributed by atoms with Gasteiger partial charge in [-0.1, -0.05) is 54.6 Å². The molecule has 2 N–H and O–H groups in total. The number of nitrogens with zero attached hydrogens (tertiary/aromatic N) is 1. The van der Waals surface area contributed by atoms with E-state index in [2.05, 4.69) is 45.9 Å². The summed E-state index contributed by atoms with van der Waals surface area (Å²) in [5, 5.41) is 7.52. The molecular formula is C33H35N3O3S. The summed E-state index contributed by atoms with van der Waals surface area (Å²) < 4.78 is 16.3. The Morgan fingerprint density at radius 1 is 0.925 bits per heavy atom. The maximum Gasteiger partial charge on any atom is 0.251 e. The van der Waals surface area contributed by atoms with Crippen molar-refractivity contribution < 1.29 is 14.3 Å². The van der Waals surface area contributed by atoms with Crippen molar-refractivity contribution in [3.63, 3.8) is 0 Å². The number of nitrogens with one attached hydrogen (secondary N) is 2. The zero-order valence-electron chi connectivity index (χ0n) is 23.1. The highest BCUT2D eigenvalue weighted by Crippen LogP contribution is 2.23. The fourth-order valence-electron chi connectivity index (χ4n) is 4.31. The third kappa shape index (κ3) is 7.18. The maximum absolute atomic E-state index is 12.6. The zero-order chi connectivity index (χ0) is 28.3. The summed E-state index contributed by atoms with van der Waals surface area (Å²) in [6.45, 7) is 7.31. The second-order valence-electron chi connectivity index (χ2n) is 9.14. The van der Waals surface area contributed by atoms with E-state index in [0.29, 0.717) is 18.7 Å². The van der Waals surface area contributed by atoms with Gasteiger partial charge in [-0.2, -0.15) is 4.37 Å². The second-order valence-corrected chi connectivity index (χ2v) is 9.95. The molecule has 0 fully saturated rings. The first kappa shape index (κ1) is 28.6. The van der Waals surface area contributed by atoms with Gasteiger partial charge in [-0.15, -0.1) is 6.58 Å².